The fraction of sp³-hybridized carbons (Fsp3) is 0.588. The quantitative estimate of drug-likeness (QED) is 0.921. The van der Waals surface area contributed by atoms with Crippen LogP contribution in [0.1, 0.15) is 17.7 Å². The molecule has 0 bridgehead atoms. The highest BCUT2D eigenvalue weighted by Gasteiger charge is 2.28. The molecule has 0 spiro atoms. The van der Waals surface area contributed by atoms with E-state index in [9.17, 15) is 0 Å². The molecule has 1 unspecified atom stereocenters. The van der Waals surface area contributed by atoms with Gasteiger partial charge in [0.05, 0.1) is 11.9 Å². The van der Waals surface area contributed by atoms with Crippen LogP contribution in [-0.4, -0.2) is 64.5 Å². The number of hydrogen-bond acceptors (Lipinski definition) is 4. The molecule has 1 N–H and O–H groups in total. The fourth-order valence-electron chi connectivity index (χ4n) is 3.78. The van der Waals surface area contributed by atoms with E-state index < -0.39 is 0 Å². The summed E-state index contributed by atoms with van der Waals surface area (Å²) in [6.07, 6.45) is 5.49. The Morgan fingerprint density at radius 3 is 3.00 bits per heavy atom. The molecule has 0 radical (unpaired) electrons. The smallest absolute Gasteiger partial charge is 0.137 e. The van der Waals surface area contributed by atoms with Gasteiger partial charge in [0.2, 0.25) is 0 Å². The van der Waals surface area contributed by atoms with Gasteiger partial charge in [0.15, 0.2) is 0 Å². The maximum absolute atomic E-state index is 4.55. The molecule has 4 rings (SSSR count). The van der Waals surface area contributed by atoms with Crippen molar-refractivity contribution < 1.29 is 0 Å². The van der Waals surface area contributed by atoms with Gasteiger partial charge in [-0.05, 0) is 31.0 Å². The van der Waals surface area contributed by atoms with Crippen LogP contribution in [0.2, 0.25) is 0 Å². The van der Waals surface area contributed by atoms with Gasteiger partial charge in [-0.3, -0.25) is 9.80 Å². The number of aryl methyl sites for hydroxylation is 1. The van der Waals surface area contributed by atoms with Gasteiger partial charge in [-0.1, -0.05) is 0 Å². The summed E-state index contributed by atoms with van der Waals surface area (Å²) in [5, 5.41) is 3.44. The Balaban J connectivity index is 1.43. The van der Waals surface area contributed by atoms with E-state index in [0.717, 1.165) is 31.3 Å². The Bertz CT molecular complexity index is 644. The second kappa shape index (κ2) is 5.99. The van der Waals surface area contributed by atoms with Gasteiger partial charge < -0.3 is 9.72 Å². The Labute approximate surface area is 131 Å². The Morgan fingerprint density at radius 2 is 2.14 bits per heavy atom. The summed E-state index contributed by atoms with van der Waals surface area (Å²) in [6.45, 7) is 10.2. The highest BCUT2D eigenvalue weighted by Crippen LogP contribution is 2.19. The van der Waals surface area contributed by atoms with Gasteiger partial charge in [-0.15, -0.1) is 0 Å². The van der Waals surface area contributed by atoms with E-state index >= 15 is 0 Å². The van der Waals surface area contributed by atoms with Crippen molar-refractivity contribution in [2.24, 2.45) is 0 Å². The topological polar surface area (TPSA) is 35.8 Å². The summed E-state index contributed by atoms with van der Waals surface area (Å²) in [4.78, 5) is 9.79. The van der Waals surface area contributed by atoms with E-state index in [1.165, 1.54) is 43.9 Å². The second-order valence-electron chi connectivity index (χ2n) is 6.65. The largest absolute Gasteiger partial charge is 0.314 e. The van der Waals surface area contributed by atoms with Crippen LogP contribution >= 0.6 is 0 Å². The molecule has 22 heavy (non-hydrogen) atoms. The molecule has 0 amide bonds. The molecular weight excluding hydrogens is 274 g/mol. The van der Waals surface area contributed by atoms with Gasteiger partial charge in [-0.25, -0.2) is 4.98 Å². The summed E-state index contributed by atoms with van der Waals surface area (Å²) >= 11 is 0. The zero-order valence-corrected chi connectivity index (χ0v) is 13.3. The first-order valence-electron chi connectivity index (χ1n) is 8.39. The lowest BCUT2D eigenvalue weighted by atomic mass is 10.2. The number of imidazole rings is 1. The number of pyridine rings is 1. The summed E-state index contributed by atoms with van der Waals surface area (Å²) in [5.74, 6) is 0. The van der Waals surface area contributed by atoms with Crippen molar-refractivity contribution in [3.63, 3.8) is 0 Å². The van der Waals surface area contributed by atoms with Crippen LogP contribution in [0.25, 0.3) is 5.65 Å². The van der Waals surface area contributed by atoms with Crippen LogP contribution in [0, 0.1) is 6.92 Å². The molecule has 2 aliphatic heterocycles. The molecule has 5 nitrogen and oxygen atoms in total. The number of nitrogens with one attached hydrogen (secondary N) is 1. The number of hydrogen-bond donors (Lipinski definition) is 1. The van der Waals surface area contributed by atoms with Crippen LogP contribution in [0.15, 0.2) is 24.5 Å². The zero-order chi connectivity index (χ0) is 14.9. The molecule has 0 aliphatic carbocycles. The SMILES string of the molecule is Cc1ccn2c(CN3CCC(N4CCNCC4)C3)cnc2c1. The molecular formula is C17H25N5. The van der Waals surface area contributed by atoms with Crippen molar-refractivity contribution in [3.05, 3.63) is 35.8 Å². The predicted molar refractivity (Wildman–Crippen MR) is 88.1 cm³/mol. The fourth-order valence-corrected chi connectivity index (χ4v) is 3.78. The lowest BCUT2D eigenvalue weighted by molar-refractivity contribution is 0.170. The van der Waals surface area contributed by atoms with Crippen molar-refractivity contribution in [1.82, 2.24) is 24.5 Å². The highest BCUT2D eigenvalue weighted by atomic mass is 15.3. The summed E-state index contributed by atoms with van der Waals surface area (Å²) < 4.78 is 2.23. The van der Waals surface area contributed by atoms with Gasteiger partial charge in [-0.2, -0.15) is 0 Å². The third kappa shape index (κ3) is 2.76. The Kier molecular flexibility index (Phi) is 3.86. The molecule has 2 aromatic rings. The lowest BCUT2D eigenvalue weighted by Crippen LogP contribution is -2.49. The number of fused-ring (bicyclic) bond motifs is 1. The van der Waals surface area contributed by atoms with Gasteiger partial charge in [0.1, 0.15) is 5.65 Å². The zero-order valence-electron chi connectivity index (χ0n) is 13.3. The maximum Gasteiger partial charge on any atom is 0.137 e. The molecule has 0 saturated carbocycles. The summed E-state index contributed by atoms with van der Waals surface area (Å²) in [6, 6.07) is 5.05. The number of aromatic nitrogens is 2. The van der Waals surface area contributed by atoms with Gasteiger partial charge >= 0.3 is 0 Å². The highest BCUT2D eigenvalue weighted by molar-refractivity contribution is 5.42. The number of nitrogens with zero attached hydrogens (tertiary/aromatic N) is 4. The minimum atomic E-state index is 0.739. The Morgan fingerprint density at radius 1 is 1.27 bits per heavy atom. The first-order valence-corrected chi connectivity index (χ1v) is 8.39. The van der Waals surface area contributed by atoms with Gasteiger partial charge in [0, 0.05) is 58.1 Å². The monoisotopic (exact) mass is 299 g/mol. The molecule has 118 valence electrons. The molecule has 2 aliphatic rings. The number of likely N-dealkylation sites (tertiary alicyclic amines) is 1. The van der Waals surface area contributed by atoms with Crippen molar-refractivity contribution >= 4 is 5.65 Å². The van der Waals surface area contributed by atoms with Crippen LogP contribution < -0.4 is 5.32 Å². The first kappa shape index (κ1) is 14.2. The third-order valence-corrected chi connectivity index (χ3v) is 5.05. The standard InChI is InChI=1S/C17H25N5/c1-14-2-7-22-16(11-19-17(22)10-14)13-20-6-3-15(12-20)21-8-4-18-5-9-21/h2,7,10-11,15,18H,3-6,8-9,12-13H2,1H3. The van der Waals surface area contributed by atoms with E-state index in [0.29, 0.717) is 0 Å². The van der Waals surface area contributed by atoms with Crippen molar-refractivity contribution in [2.45, 2.75) is 25.9 Å². The molecule has 2 fully saturated rings. The van der Waals surface area contributed by atoms with Crippen molar-refractivity contribution in [2.75, 3.05) is 39.3 Å². The van der Waals surface area contributed by atoms with Gasteiger partial charge in [0.25, 0.3) is 0 Å². The average molecular weight is 299 g/mol. The van der Waals surface area contributed by atoms with Crippen LogP contribution in [0.5, 0.6) is 0 Å². The average Bonchev–Trinajstić information content (AvgIpc) is 3.16. The minimum Gasteiger partial charge on any atom is -0.314 e. The molecule has 1 atom stereocenters. The van der Waals surface area contributed by atoms with E-state index in [2.05, 4.69) is 49.8 Å². The third-order valence-electron chi connectivity index (χ3n) is 5.05. The number of piperazine rings is 1. The van der Waals surface area contributed by atoms with E-state index in [1.54, 1.807) is 0 Å². The lowest BCUT2D eigenvalue weighted by Gasteiger charge is -2.32. The minimum absolute atomic E-state index is 0.739. The molecule has 2 saturated heterocycles. The summed E-state index contributed by atoms with van der Waals surface area (Å²) in [7, 11) is 0. The number of rotatable bonds is 3. The molecule has 4 heterocycles. The first-order chi connectivity index (χ1) is 10.8. The maximum atomic E-state index is 4.55. The normalized spacial score (nSPS) is 24.3. The van der Waals surface area contributed by atoms with Crippen molar-refractivity contribution in [1.29, 1.82) is 0 Å². The van der Waals surface area contributed by atoms with Crippen molar-refractivity contribution in [3.8, 4) is 0 Å². The molecule has 0 aromatic carbocycles. The van der Waals surface area contributed by atoms with E-state index in [-0.39, 0.29) is 0 Å². The van der Waals surface area contributed by atoms with Crippen LogP contribution in [0.4, 0.5) is 0 Å². The molecule has 2 aromatic heterocycles. The van der Waals surface area contributed by atoms with E-state index in [1.807, 2.05) is 6.20 Å². The summed E-state index contributed by atoms with van der Waals surface area (Å²) in [5.41, 5.74) is 3.63. The van der Waals surface area contributed by atoms with Crippen LogP contribution in [0.3, 0.4) is 0 Å². The van der Waals surface area contributed by atoms with E-state index in [4.69, 9.17) is 0 Å². The predicted octanol–water partition coefficient (Wildman–Crippen LogP) is 1.12. The molecule has 5 heteroatoms. The Hall–Kier alpha value is -1.43. The second-order valence-corrected chi connectivity index (χ2v) is 6.65. The van der Waals surface area contributed by atoms with Crippen LogP contribution in [-0.2, 0) is 6.54 Å².